The first-order valence-electron chi connectivity index (χ1n) is 7.87. The van der Waals surface area contributed by atoms with Crippen molar-refractivity contribution in [3.8, 4) is 11.4 Å². The van der Waals surface area contributed by atoms with Crippen molar-refractivity contribution in [1.82, 2.24) is 20.0 Å². The van der Waals surface area contributed by atoms with Gasteiger partial charge in [0.15, 0.2) is 0 Å². The van der Waals surface area contributed by atoms with E-state index < -0.39 is 0 Å². The molecule has 1 fully saturated rings. The summed E-state index contributed by atoms with van der Waals surface area (Å²) in [6.07, 6.45) is 4.37. The normalized spacial score (nSPS) is 19.3. The summed E-state index contributed by atoms with van der Waals surface area (Å²) < 4.78 is 7.45. The summed E-state index contributed by atoms with van der Waals surface area (Å²) in [5.41, 5.74) is 2.19. The second-order valence-electron chi connectivity index (χ2n) is 5.77. The molecule has 2 aromatic rings. The van der Waals surface area contributed by atoms with E-state index in [9.17, 15) is 0 Å². The average Bonchev–Trinajstić information content (AvgIpc) is 3.03. The smallest absolute Gasteiger partial charge is 0.144 e. The van der Waals surface area contributed by atoms with E-state index in [0.717, 1.165) is 31.1 Å². The molecule has 1 aliphatic rings. The molecule has 1 unspecified atom stereocenters. The van der Waals surface area contributed by atoms with Gasteiger partial charge in [-0.1, -0.05) is 12.1 Å². The number of para-hydroxylation sites is 2. The van der Waals surface area contributed by atoms with Crippen molar-refractivity contribution in [1.29, 1.82) is 0 Å². The number of nitrogens with zero attached hydrogens (tertiary/aromatic N) is 3. The third kappa shape index (κ3) is 3.15. The molecule has 5 nitrogen and oxygen atoms in total. The Morgan fingerprint density at radius 2 is 2.18 bits per heavy atom. The monoisotopic (exact) mass is 300 g/mol. The molecule has 1 N–H and O–H groups in total. The zero-order valence-corrected chi connectivity index (χ0v) is 13.3. The Labute approximate surface area is 131 Å². The number of aromatic nitrogens is 2. The van der Waals surface area contributed by atoms with Crippen LogP contribution in [0.2, 0.25) is 0 Å². The van der Waals surface area contributed by atoms with E-state index in [1.54, 1.807) is 7.11 Å². The van der Waals surface area contributed by atoms with Crippen molar-refractivity contribution in [2.45, 2.75) is 25.4 Å². The third-order valence-electron chi connectivity index (χ3n) is 4.33. The van der Waals surface area contributed by atoms with E-state index in [2.05, 4.69) is 21.4 Å². The van der Waals surface area contributed by atoms with Gasteiger partial charge in [0, 0.05) is 25.3 Å². The first-order valence-corrected chi connectivity index (χ1v) is 7.87. The van der Waals surface area contributed by atoms with E-state index in [-0.39, 0.29) is 0 Å². The lowest BCUT2D eigenvalue weighted by atomic mass is 10.1. The average molecular weight is 300 g/mol. The van der Waals surface area contributed by atoms with Crippen LogP contribution in [0.25, 0.3) is 5.69 Å². The Hall–Kier alpha value is -1.85. The molecule has 1 atom stereocenters. The first kappa shape index (κ1) is 15.1. The lowest BCUT2D eigenvalue weighted by Gasteiger charge is -2.32. The summed E-state index contributed by atoms with van der Waals surface area (Å²) >= 11 is 0. The van der Waals surface area contributed by atoms with Crippen LogP contribution in [0.4, 0.5) is 0 Å². The maximum atomic E-state index is 5.46. The largest absolute Gasteiger partial charge is 0.494 e. The summed E-state index contributed by atoms with van der Waals surface area (Å²) in [6, 6.07) is 10.7. The van der Waals surface area contributed by atoms with Gasteiger partial charge in [-0.15, -0.1) is 0 Å². The molecule has 22 heavy (non-hydrogen) atoms. The van der Waals surface area contributed by atoms with Crippen LogP contribution in [0.1, 0.15) is 18.5 Å². The molecule has 1 aromatic heterocycles. The van der Waals surface area contributed by atoms with Gasteiger partial charge in [0.1, 0.15) is 11.4 Å². The zero-order valence-electron chi connectivity index (χ0n) is 13.3. The van der Waals surface area contributed by atoms with Gasteiger partial charge < -0.3 is 10.1 Å². The van der Waals surface area contributed by atoms with E-state index in [0.29, 0.717) is 6.04 Å². The van der Waals surface area contributed by atoms with Crippen LogP contribution in [0.3, 0.4) is 0 Å². The highest BCUT2D eigenvalue weighted by Crippen LogP contribution is 2.23. The fourth-order valence-corrected chi connectivity index (χ4v) is 3.14. The summed E-state index contributed by atoms with van der Waals surface area (Å²) in [5, 5.41) is 7.89. The lowest BCUT2D eigenvalue weighted by molar-refractivity contribution is 0.185. The highest BCUT2D eigenvalue weighted by Gasteiger charge is 2.20. The second-order valence-corrected chi connectivity index (χ2v) is 5.77. The molecular formula is C17H24N4O. The zero-order chi connectivity index (χ0) is 15.4. The fourth-order valence-electron chi connectivity index (χ4n) is 3.14. The number of rotatable bonds is 5. The molecule has 1 aliphatic heterocycles. The third-order valence-corrected chi connectivity index (χ3v) is 4.33. The Bertz CT molecular complexity index is 610. The Balaban J connectivity index is 1.80. The van der Waals surface area contributed by atoms with Crippen molar-refractivity contribution in [2.24, 2.45) is 0 Å². The van der Waals surface area contributed by atoms with Crippen LogP contribution in [-0.2, 0) is 6.54 Å². The summed E-state index contributed by atoms with van der Waals surface area (Å²) in [4.78, 5) is 2.49. The minimum absolute atomic E-state index is 0.594. The number of ether oxygens (including phenoxy) is 1. The van der Waals surface area contributed by atoms with Crippen LogP contribution in [0.15, 0.2) is 36.5 Å². The summed E-state index contributed by atoms with van der Waals surface area (Å²) in [7, 11) is 3.75. The second kappa shape index (κ2) is 6.94. The number of methoxy groups -OCH3 is 1. The van der Waals surface area contributed by atoms with Crippen molar-refractivity contribution in [2.75, 3.05) is 27.2 Å². The fraction of sp³-hybridized carbons (Fsp3) is 0.471. The van der Waals surface area contributed by atoms with E-state index in [4.69, 9.17) is 4.74 Å². The predicted octanol–water partition coefficient (Wildman–Crippen LogP) is 2.06. The van der Waals surface area contributed by atoms with Crippen molar-refractivity contribution in [3.05, 3.63) is 42.2 Å². The van der Waals surface area contributed by atoms with Gasteiger partial charge in [0.25, 0.3) is 0 Å². The molecular weight excluding hydrogens is 276 g/mol. The Morgan fingerprint density at radius 1 is 1.32 bits per heavy atom. The first-order chi connectivity index (χ1) is 10.8. The Morgan fingerprint density at radius 3 is 3.00 bits per heavy atom. The molecule has 0 aliphatic carbocycles. The standard InChI is InChI=1S/C17H24N4O/c1-18-14-6-5-11-20(12-14)13-15-9-10-19-21(15)16-7-3-4-8-17(16)22-2/h3-4,7-10,14,18H,5-6,11-13H2,1-2H3. The number of hydrogen-bond acceptors (Lipinski definition) is 4. The molecule has 118 valence electrons. The topological polar surface area (TPSA) is 42.3 Å². The molecule has 1 aromatic carbocycles. The molecule has 0 amide bonds. The van der Waals surface area contributed by atoms with Gasteiger partial charge in [0.2, 0.25) is 0 Å². The van der Waals surface area contributed by atoms with Gasteiger partial charge in [0.05, 0.1) is 12.8 Å². The number of hydrogen-bond donors (Lipinski definition) is 1. The van der Waals surface area contributed by atoms with Gasteiger partial charge in [-0.3, -0.25) is 4.90 Å². The number of likely N-dealkylation sites (tertiary alicyclic amines) is 1. The quantitative estimate of drug-likeness (QED) is 0.918. The van der Waals surface area contributed by atoms with Gasteiger partial charge in [-0.05, 0) is 44.6 Å². The van der Waals surface area contributed by atoms with E-state index in [1.807, 2.05) is 42.2 Å². The van der Waals surface area contributed by atoms with Crippen LogP contribution in [0.5, 0.6) is 5.75 Å². The molecule has 5 heteroatoms. The van der Waals surface area contributed by atoms with Gasteiger partial charge in [-0.2, -0.15) is 5.10 Å². The molecule has 0 spiro atoms. The highest BCUT2D eigenvalue weighted by molar-refractivity contribution is 5.46. The number of benzene rings is 1. The maximum absolute atomic E-state index is 5.46. The summed E-state index contributed by atoms with van der Waals surface area (Å²) in [6.45, 7) is 3.15. The molecule has 3 rings (SSSR count). The van der Waals surface area contributed by atoms with Crippen molar-refractivity contribution < 1.29 is 4.74 Å². The van der Waals surface area contributed by atoms with Crippen molar-refractivity contribution in [3.63, 3.8) is 0 Å². The molecule has 0 radical (unpaired) electrons. The van der Waals surface area contributed by atoms with Crippen LogP contribution < -0.4 is 10.1 Å². The number of nitrogens with one attached hydrogen (secondary N) is 1. The minimum atomic E-state index is 0.594. The predicted molar refractivity (Wildman–Crippen MR) is 87.5 cm³/mol. The molecule has 1 saturated heterocycles. The highest BCUT2D eigenvalue weighted by atomic mass is 16.5. The van der Waals surface area contributed by atoms with Gasteiger partial charge >= 0.3 is 0 Å². The lowest BCUT2D eigenvalue weighted by Crippen LogP contribution is -2.44. The van der Waals surface area contributed by atoms with E-state index in [1.165, 1.54) is 18.5 Å². The Kier molecular flexibility index (Phi) is 4.75. The number of likely N-dealkylation sites (N-methyl/N-ethyl adjacent to an activating group) is 1. The molecule has 2 heterocycles. The van der Waals surface area contributed by atoms with Gasteiger partial charge in [-0.25, -0.2) is 4.68 Å². The number of piperidine rings is 1. The summed E-state index contributed by atoms with van der Waals surface area (Å²) in [5.74, 6) is 0.846. The van der Waals surface area contributed by atoms with Crippen LogP contribution in [0, 0.1) is 0 Å². The maximum Gasteiger partial charge on any atom is 0.144 e. The van der Waals surface area contributed by atoms with Crippen molar-refractivity contribution >= 4 is 0 Å². The SMILES string of the molecule is CNC1CCCN(Cc2ccnn2-c2ccccc2OC)C1. The van der Waals surface area contributed by atoms with Crippen LogP contribution in [-0.4, -0.2) is 48.0 Å². The molecule has 0 saturated carbocycles. The van der Waals surface area contributed by atoms with Crippen LogP contribution >= 0.6 is 0 Å². The molecule has 0 bridgehead atoms. The minimum Gasteiger partial charge on any atom is -0.494 e. The van der Waals surface area contributed by atoms with E-state index >= 15 is 0 Å².